The predicted octanol–water partition coefficient (Wildman–Crippen LogP) is 3.06. The fourth-order valence-corrected chi connectivity index (χ4v) is 4.71. The van der Waals surface area contributed by atoms with Crippen LogP contribution in [-0.4, -0.2) is 45.4 Å². The quantitative estimate of drug-likeness (QED) is 0.709. The van der Waals surface area contributed by atoms with E-state index >= 15 is 0 Å². The van der Waals surface area contributed by atoms with E-state index in [-0.39, 0.29) is 52.2 Å². The first kappa shape index (κ1) is 23.4. The van der Waals surface area contributed by atoms with Gasteiger partial charge >= 0.3 is 0 Å². The predicted molar refractivity (Wildman–Crippen MR) is 112 cm³/mol. The molecular formula is C18H20ClFN2O5S2. The topological polar surface area (TPSA) is 94.6 Å². The molecule has 0 spiro atoms. The Labute approximate surface area is 179 Å². The number of halogens is 2. The van der Waals surface area contributed by atoms with E-state index in [0.29, 0.717) is 19.6 Å². The molecular weight excluding hydrogens is 443 g/mol. The van der Waals surface area contributed by atoms with Crippen LogP contribution in [0.15, 0.2) is 35.4 Å². The van der Waals surface area contributed by atoms with Crippen molar-refractivity contribution in [3.8, 4) is 5.75 Å². The van der Waals surface area contributed by atoms with Crippen LogP contribution in [0.1, 0.15) is 16.8 Å². The maximum Gasteiger partial charge on any atom is 0.260 e. The van der Waals surface area contributed by atoms with Crippen molar-refractivity contribution in [1.29, 1.82) is 0 Å². The van der Waals surface area contributed by atoms with Gasteiger partial charge in [0.2, 0.25) is 0 Å². The summed E-state index contributed by atoms with van der Waals surface area (Å²) in [5.41, 5.74) is -0.00608. The summed E-state index contributed by atoms with van der Waals surface area (Å²) in [6.45, 7) is 0.944. The fourth-order valence-electron chi connectivity index (χ4n) is 2.86. The number of carbonyl (C=O) groups excluding carboxylic acids is 1. The lowest BCUT2D eigenvalue weighted by Gasteiger charge is -2.13. The number of nitrogens with one attached hydrogen (secondary N) is 1. The lowest BCUT2D eigenvalue weighted by Crippen LogP contribution is -2.18. The minimum atomic E-state index is -3.62. The van der Waals surface area contributed by atoms with Crippen molar-refractivity contribution in [2.75, 3.05) is 31.4 Å². The lowest BCUT2D eigenvalue weighted by atomic mass is 10.2. The van der Waals surface area contributed by atoms with Gasteiger partial charge in [0, 0.05) is 6.61 Å². The minimum absolute atomic E-state index is 0. The first-order valence-electron chi connectivity index (χ1n) is 8.41. The molecule has 1 atom stereocenters. The molecule has 1 N–H and O–H groups in total. The van der Waals surface area contributed by atoms with Gasteiger partial charge in [-0.15, -0.1) is 0 Å². The normalized spacial score (nSPS) is 16.2. The maximum absolute atomic E-state index is 13.1. The first-order valence-corrected chi connectivity index (χ1v) is 10.4. The summed E-state index contributed by atoms with van der Waals surface area (Å²) in [6.07, 6.45) is 1.58. The summed E-state index contributed by atoms with van der Waals surface area (Å²) in [7, 11) is -2.26. The van der Waals surface area contributed by atoms with Crippen LogP contribution in [0.4, 0.5) is 10.2 Å². The summed E-state index contributed by atoms with van der Waals surface area (Å²) in [5, 5.41) is 2.35. The molecule has 2 aromatic rings. The summed E-state index contributed by atoms with van der Waals surface area (Å²) in [4.78, 5) is 16.4. The molecule has 1 aromatic carbocycles. The van der Waals surface area contributed by atoms with Crippen LogP contribution >= 0.6 is 25.1 Å². The summed E-state index contributed by atoms with van der Waals surface area (Å²) in [5.74, 6) is -1.34. The van der Waals surface area contributed by atoms with Crippen LogP contribution in [0.5, 0.6) is 5.75 Å². The van der Waals surface area contributed by atoms with Gasteiger partial charge in [-0.1, -0.05) is 11.6 Å². The second-order valence-corrected chi connectivity index (χ2v) is 8.75. The van der Waals surface area contributed by atoms with Crippen LogP contribution in [0.3, 0.4) is 0 Å². The molecule has 158 valence electrons. The number of rotatable bonds is 6. The fraction of sp³-hybridized carbons (Fsp3) is 0.333. The Bertz CT molecular complexity index is 998. The molecule has 3 rings (SSSR count). The van der Waals surface area contributed by atoms with Crippen molar-refractivity contribution in [1.82, 2.24) is 4.98 Å². The number of sulfone groups is 1. The molecule has 7 nitrogen and oxygen atoms in total. The number of amides is 1. The van der Waals surface area contributed by atoms with Crippen molar-refractivity contribution < 1.29 is 27.1 Å². The highest BCUT2D eigenvalue weighted by Crippen LogP contribution is 2.27. The van der Waals surface area contributed by atoms with Gasteiger partial charge in [0.15, 0.2) is 15.7 Å². The Morgan fingerprint density at radius 2 is 2.17 bits per heavy atom. The molecule has 0 radical (unpaired) electrons. The number of pyridine rings is 1. The molecule has 1 aromatic heterocycles. The van der Waals surface area contributed by atoms with E-state index in [1.807, 2.05) is 0 Å². The number of carbonyl (C=O) groups is 1. The lowest BCUT2D eigenvalue weighted by molar-refractivity contribution is 0.102. The SMILES string of the molecule is COc1ccc(S(=O)(=O)C[C@H]2CCOC2)cc1C(=O)Nc1ncc(F)cc1Cl.S. The minimum Gasteiger partial charge on any atom is -0.496 e. The van der Waals surface area contributed by atoms with Gasteiger partial charge in [0.25, 0.3) is 5.91 Å². The second-order valence-electron chi connectivity index (χ2n) is 6.31. The van der Waals surface area contributed by atoms with Crippen molar-refractivity contribution in [3.63, 3.8) is 0 Å². The van der Waals surface area contributed by atoms with E-state index in [2.05, 4.69) is 10.3 Å². The third kappa shape index (κ3) is 5.59. The molecule has 1 aliphatic rings. The largest absolute Gasteiger partial charge is 0.496 e. The van der Waals surface area contributed by atoms with E-state index < -0.39 is 21.6 Å². The molecule has 0 saturated carbocycles. The van der Waals surface area contributed by atoms with E-state index in [1.54, 1.807) is 0 Å². The molecule has 1 amide bonds. The van der Waals surface area contributed by atoms with Crippen molar-refractivity contribution >= 4 is 46.7 Å². The van der Waals surface area contributed by atoms with Crippen LogP contribution in [0.2, 0.25) is 5.02 Å². The van der Waals surface area contributed by atoms with Crippen molar-refractivity contribution in [2.24, 2.45) is 5.92 Å². The highest BCUT2D eigenvalue weighted by Gasteiger charge is 2.26. The average Bonchev–Trinajstić information content (AvgIpc) is 3.15. The van der Waals surface area contributed by atoms with E-state index in [4.69, 9.17) is 21.1 Å². The van der Waals surface area contributed by atoms with Crippen LogP contribution in [0, 0.1) is 11.7 Å². The molecule has 1 aliphatic heterocycles. The number of nitrogens with zero attached hydrogens (tertiary/aromatic N) is 1. The Balaban J connectivity index is 0.00000300. The van der Waals surface area contributed by atoms with E-state index in [9.17, 15) is 17.6 Å². The van der Waals surface area contributed by atoms with Gasteiger partial charge in [0.1, 0.15) is 11.6 Å². The summed E-state index contributed by atoms with van der Waals surface area (Å²) < 4.78 is 48.9. The van der Waals surface area contributed by atoms with E-state index in [1.165, 1.54) is 25.3 Å². The second kappa shape index (κ2) is 9.75. The molecule has 1 saturated heterocycles. The average molecular weight is 463 g/mol. The van der Waals surface area contributed by atoms with Crippen LogP contribution in [0.25, 0.3) is 0 Å². The van der Waals surface area contributed by atoms with Gasteiger partial charge in [-0.3, -0.25) is 4.79 Å². The van der Waals surface area contributed by atoms with Gasteiger partial charge in [-0.25, -0.2) is 17.8 Å². The number of hydrogen-bond acceptors (Lipinski definition) is 6. The first-order chi connectivity index (χ1) is 13.3. The Morgan fingerprint density at radius 1 is 1.41 bits per heavy atom. The van der Waals surface area contributed by atoms with Crippen molar-refractivity contribution in [2.45, 2.75) is 11.3 Å². The molecule has 0 bridgehead atoms. The van der Waals surface area contributed by atoms with Gasteiger partial charge in [-0.2, -0.15) is 13.5 Å². The highest BCUT2D eigenvalue weighted by atomic mass is 35.5. The molecule has 0 unspecified atom stereocenters. The smallest absolute Gasteiger partial charge is 0.260 e. The molecule has 0 aliphatic carbocycles. The third-order valence-corrected chi connectivity index (χ3v) is 6.46. The number of hydrogen-bond donors (Lipinski definition) is 1. The summed E-state index contributed by atoms with van der Waals surface area (Å²) in [6, 6.07) is 5.05. The number of ether oxygens (including phenoxy) is 2. The van der Waals surface area contributed by atoms with E-state index in [0.717, 1.165) is 12.3 Å². The van der Waals surface area contributed by atoms with Crippen LogP contribution < -0.4 is 10.1 Å². The Morgan fingerprint density at radius 3 is 2.79 bits per heavy atom. The Hall–Kier alpha value is -1.88. The monoisotopic (exact) mass is 462 g/mol. The van der Waals surface area contributed by atoms with Gasteiger partial charge < -0.3 is 14.8 Å². The van der Waals surface area contributed by atoms with Gasteiger partial charge in [-0.05, 0) is 36.6 Å². The zero-order chi connectivity index (χ0) is 20.3. The van der Waals surface area contributed by atoms with Crippen LogP contribution in [-0.2, 0) is 14.6 Å². The highest BCUT2D eigenvalue weighted by molar-refractivity contribution is 7.91. The summed E-state index contributed by atoms with van der Waals surface area (Å²) >= 11 is 5.88. The molecule has 11 heteroatoms. The zero-order valence-corrected chi connectivity index (χ0v) is 18.0. The Kier molecular flexibility index (Phi) is 7.87. The molecule has 29 heavy (non-hydrogen) atoms. The number of aromatic nitrogens is 1. The van der Waals surface area contributed by atoms with Gasteiger partial charge in [0.05, 0.1) is 41.1 Å². The standard InChI is InChI=1S/C18H18ClFN2O5S.H2S/c1-26-16-3-2-13(28(24,25)10-11-4-5-27-9-11)7-14(16)18(23)22-17-15(19)6-12(20)8-21-17;/h2-3,6-8,11H,4-5,9-10H2,1H3,(H,21,22,23);1H2/t11-;/m0./s1. The third-order valence-electron chi connectivity index (χ3n) is 4.29. The molecule has 1 fully saturated rings. The number of benzene rings is 1. The number of methoxy groups -OCH3 is 1. The van der Waals surface area contributed by atoms with Crippen molar-refractivity contribution in [3.05, 3.63) is 46.9 Å². The maximum atomic E-state index is 13.1. The number of anilines is 1. The zero-order valence-electron chi connectivity index (χ0n) is 15.4. The molecule has 2 heterocycles.